The Hall–Kier alpha value is -0.840. The Balaban J connectivity index is 2.98. The Morgan fingerprint density at radius 2 is 2.11 bits per heavy atom. The third kappa shape index (κ3) is 1.29. The number of nitrogens with zero attached hydrogens (tertiary/aromatic N) is 2. The van der Waals surface area contributed by atoms with E-state index in [-0.39, 0.29) is 0 Å². The van der Waals surface area contributed by atoms with Gasteiger partial charge in [0.05, 0.1) is 0 Å². The zero-order valence-electron chi connectivity index (χ0n) is 5.30. The van der Waals surface area contributed by atoms with Gasteiger partial charge in [0.1, 0.15) is 0 Å². The van der Waals surface area contributed by atoms with E-state index in [1.165, 1.54) is 0 Å². The standard InChI is InChI=1S/C4H8N4S/c1-8(2)3-5-4(9)7-6-3/h1-2H3,(H2,5,6,7,9). The summed E-state index contributed by atoms with van der Waals surface area (Å²) in [6.45, 7) is 0. The Morgan fingerprint density at radius 1 is 1.44 bits per heavy atom. The van der Waals surface area contributed by atoms with Crippen LogP contribution in [0.4, 0.5) is 5.95 Å². The van der Waals surface area contributed by atoms with E-state index < -0.39 is 0 Å². The summed E-state index contributed by atoms with van der Waals surface area (Å²) >= 11 is 4.73. The highest BCUT2D eigenvalue weighted by Gasteiger charge is 1.94. The molecule has 0 aliphatic rings. The van der Waals surface area contributed by atoms with Crippen LogP contribution in [0.5, 0.6) is 0 Å². The summed E-state index contributed by atoms with van der Waals surface area (Å²) < 4.78 is 0.485. The van der Waals surface area contributed by atoms with Crippen molar-refractivity contribution in [1.82, 2.24) is 15.2 Å². The Morgan fingerprint density at radius 3 is 2.33 bits per heavy atom. The van der Waals surface area contributed by atoms with Crippen molar-refractivity contribution < 1.29 is 0 Å². The SMILES string of the molecule is CN(C)c1nc(=S)[nH][nH]1. The zero-order valence-corrected chi connectivity index (χ0v) is 6.12. The quantitative estimate of drug-likeness (QED) is 0.565. The summed E-state index contributed by atoms with van der Waals surface area (Å²) in [4.78, 5) is 5.78. The first kappa shape index (κ1) is 6.28. The fourth-order valence-corrected chi connectivity index (χ4v) is 0.611. The van der Waals surface area contributed by atoms with Crippen molar-refractivity contribution >= 4 is 18.2 Å². The summed E-state index contributed by atoms with van der Waals surface area (Å²) in [5, 5.41) is 5.48. The van der Waals surface area contributed by atoms with Gasteiger partial charge in [-0.3, -0.25) is 10.2 Å². The molecular weight excluding hydrogens is 136 g/mol. The number of rotatable bonds is 1. The Kier molecular flexibility index (Phi) is 1.52. The molecule has 0 aliphatic heterocycles. The van der Waals surface area contributed by atoms with E-state index in [0.29, 0.717) is 4.77 Å². The monoisotopic (exact) mass is 144 g/mol. The summed E-state index contributed by atoms with van der Waals surface area (Å²) in [6, 6.07) is 0. The number of aromatic amines is 2. The molecule has 0 bridgehead atoms. The van der Waals surface area contributed by atoms with Gasteiger partial charge in [0.15, 0.2) is 0 Å². The predicted molar refractivity (Wildman–Crippen MR) is 38.1 cm³/mol. The van der Waals surface area contributed by atoms with Crippen LogP contribution >= 0.6 is 12.2 Å². The number of nitrogens with one attached hydrogen (secondary N) is 2. The molecule has 0 saturated heterocycles. The third-order valence-electron chi connectivity index (χ3n) is 0.912. The minimum absolute atomic E-state index is 0.485. The van der Waals surface area contributed by atoms with Crippen LogP contribution in [0.2, 0.25) is 0 Å². The highest BCUT2D eigenvalue weighted by Crippen LogP contribution is 1.96. The lowest BCUT2D eigenvalue weighted by Crippen LogP contribution is -2.10. The second-order valence-corrected chi connectivity index (χ2v) is 2.27. The van der Waals surface area contributed by atoms with E-state index in [1.807, 2.05) is 19.0 Å². The van der Waals surface area contributed by atoms with Crippen molar-refractivity contribution in [3.8, 4) is 0 Å². The molecule has 5 heteroatoms. The fourth-order valence-electron chi connectivity index (χ4n) is 0.473. The maximum Gasteiger partial charge on any atom is 0.219 e. The van der Waals surface area contributed by atoms with E-state index in [4.69, 9.17) is 12.2 Å². The molecule has 0 aromatic carbocycles. The van der Waals surface area contributed by atoms with Crippen LogP contribution in [0.3, 0.4) is 0 Å². The van der Waals surface area contributed by atoms with Crippen LogP contribution in [-0.2, 0) is 0 Å². The molecule has 1 aromatic heterocycles. The van der Waals surface area contributed by atoms with Gasteiger partial charge in [-0.25, -0.2) is 0 Å². The molecule has 0 atom stereocenters. The van der Waals surface area contributed by atoms with Gasteiger partial charge in [0.2, 0.25) is 10.7 Å². The number of anilines is 1. The molecule has 9 heavy (non-hydrogen) atoms. The molecule has 0 unspecified atom stereocenters. The largest absolute Gasteiger partial charge is 0.347 e. The van der Waals surface area contributed by atoms with Crippen LogP contribution in [0.1, 0.15) is 0 Å². The first-order chi connectivity index (χ1) is 4.20. The first-order valence-corrected chi connectivity index (χ1v) is 2.93. The van der Waals surface area contributed by atoms with E-state index in [9.17, 15) is 0 Å². The minimum Gasteiger partial charge on any atom is -0.347 e. The van der Waals surface area contributed by atoms with E-state index in [1.54, 1.807) is 0 Å². The van der Waals surface area contributed by atoms with Gasteiger partial charge < -0.3 is 4.90 Å². The molecule has 0 radical (unpaired) electrons. The lowest BCUT2D eigenvalue weighted by atomic mass is 10.8. The van der Waals surface area contributed by atoms with E-state index in [2.05, 4.69) is 15.2 Å². The normalized spacial score (nSPS) is 9.56. The van der Waals surface area contributed by atoms with Crippen LogP contribution in [0.25, 0.3) is 0 Å². The topological polar surface area (TPSA) is 47.7 Å². The molecule has 1 rings (SSSR count). The Bertz CT molecular complexity index is 235. The van der Waals surface area contributed by atoms with Crippen molar-refractivity contribution in [2.24, 2.45) is 0 Å². The molecule has 2 N–H and O–H groups in total. The van der Waals surface area contributed by atoms with Crippen LogP contribution < -0.4 is 4.90 Å². The molecule has 0 fully saturated rings. The smallest absolute Gasteiger partial charge is 0.219 e. The summed E-state index contributed by atoms with van der Waals surface area (Å²) in [5.41, 5.74) is 0. The van der Waals surface area contributed by atoms with Gasteiger partial charge in [-0.2, -0.15) is 4.98 Å². The molecule has 50 valence electrons. The van der Waals surface area contributed by atoms with Crippen LogP contribution in [0, 0.1) is 4.77 Å². The van der Waals surface area contributed by atoms with Crippen molar-refractivity contribution in [2.45, 2.75) is 0 Å². The molecule has 0 spiro atoms. The molecule has 0 aliphatic carbocycles. The van der Waals surface area contributed by atoms with Crippen LogP contribution in [0.15, 0.2) is 0 Å². The summed E-state index contributed by atoms with van der Waals surface area (Å²) in [5.74, 6) is 0.750. The van der Waals surface area contributed by atoms with Gasteiger partial charge >= 0.3 is 0 Å². The van der Waals surface area contributed by atoms with Gasteiger partial charge in [0.25, 0.3) is 0 Å². The number of hydrogen-bond donors (Lipinski definition) is 2. The zero-order chi connectivity index (χ0) is 6.85. The summed E-state index contributed by atoms with van der Waals surface area (Å²) in [6.07, 6.45) is 0. The summed E-state index contributed by atoms with van der Waals surface area (Å²) in [7, 11) is 3.78. The molecule has 1 heterocycles. The van der Waals surface area contributed by atoms with E-state index in [0.717, 1.165) is 5.95 Å². The average molecular weight is 144 g/mol. The average Bonchev–Trinajstić information content (AvgIpc) is 2.14. The second-order valence-electron chi connectivity index (χ2n) is 1.88. The highest BCUT2D eigenvalue weighted by atomic mass is 32.1. The maximum atomic E-state index is 4.73. The predicted octanol–water partition coefficient (Wildman–Crippen LogP) is 0.533. The van der Waals surface area contributed by atoms with Crippen LogP contribution in [-0.4, -0.2) is 29.3 Å². The molecule has 4 nitrogen and oxygen atoms in total. The number of hydrogen-bond acceptors (Lipinski definition) is 3. The Labute approximate surface area is 57.9 Å². The van der Waals surface area contributed by atoms with Crippen molar-refractivity contribution in [2.75, 3.05) is 19.0 Å². The molecule has 0 amide bonds. The third-order valence-corrected chi connectivity index (χ3v) is 1.11. The van der Waals surface area contributed by atoms with Crippen molar-refractivity contribution in [3.05, 3.63) is 4.77 Å². The fraction of sp³-hybridized carbons (Fsp3) is 0.500. The highest BCUT2D eigenvalue weighted by molar-refractivity contribution is 7.71. The van der Waals surface area contributed by atoms with Gasteiger partial charge in [0, 0.05) is 14.1 Å². The maximum absolute atomic E-state index is 4.73. The molecular formula is C4H8N4S. The number of H-pyrrole nitrogens is 2. The lowest BCUT2D eigenvalue weighted by molar-refractivity contribution is 0.997. The molecule has 1 aromatic rings. The van der Waals surface area contributed by atoms with E-state index >= 15 is 0 Å². The van der Waals surface area contributed by atoms with Crippen molar-refractivity contribution in [3.63, 3.8) is 0 Å². The van der Waals surface area contributed by atoms with Gasteiger partial charge in [-0.15, -0.1) is 0 Å². The van der Waals surface area contributed by atoms with Crippen molar-refractivity contribution in [1.29, 1.82) is 0 Å². The number of aromatic nitrogens is 3. The first-order valence-electron chi connectivity index (χ1n) is 2.52. The minimum atomic E-state index is 0.485. The lowest BCUT2D eigenvalue weighted by Gasteiger charge is -2.04. The molecule has 0 saturated carbocycles. The van der Waals surface area contributed by atoms with Gasteiger partial charge in [-0.1, -0.05) is 0 Å². The van der Waals surface area contributed by atoms with Gasteiger partial charge in [-0.05, 0) is 12.2 Å². The second kappa shape index (κ2) is 2.18.